The molecule has 0 fully saturated rings. The molecule has 3 rings (SSSR count). The van der Waals surface area contributed by atoms with Crippen molar-refractivity contribution in [2.24, 2.45) is 0 Å². The molecule has 100 valence electrons. The fraction of sp³-hybridized carbons (Fsp3) is 0.400. The van der Waals surface area contributed by atoms with Crippen molar-refractivity contribution in [2.75, 3.05) is 13.1 Å². The van der Waals surface area contributed by atoms with Crippen molar-refractivity contribution >= 4 is 16.9 Å². The first-order valence-corrected chi connectivity index (χ1v) is 6.58. The molecule has 1 aromatic heterocycles. The number of carbonyl (C=O) groups is 1. The zero-order valence-corrected chi connectivity index (χ0v) is 11.3. The Labute approximate surface area is 112 Å². The maximum atomic E-state index is 10.8. The lowest BCUT2D eigenvalue weighted by Gasteiger charge is -2.27. The van der Waals surface area contributed by atoms with Crippen molar-refractivity contribution in [2.45, 2.75) is 26.9 Å². The number of fused-ring (bicyclic) bond motifs is 3. The minimum Gasteiger partial charge on any atom is -0.480 e. The lowest BCUT2D eigenvalue weighted by molar-refractivity contribution is -0.138. The Hall–Kier alpha value is -1.81. The Morgan fingerprint density at radius 2 is 2.11 bits per heavy atom. The van der Waals surface area contributed by atoms with Gasteiger partial charge in [-0.2, -0.15) is 0 Å². The van der Waals surface area contributed by atoms with Crippen molar-refractivity contribution in [1.82, 2.24) is 9.47 Å². The molecule has 19 heavy (non-hydrogen) atoms. The van der Waals surface area contributed by atoms with Gasteiger partial charge < -0.3 is 9.67 Å². The standard InChI is InChI=1S/C15H18N2O2/c1-10-3-4-12-7-13-8-16(9-14(18)19)5-6-17(13)15(12)11(10)2/h3-4,7H,5-6,8-9H2,1-2H3,(H,18,19). The molecule has 1 aliphatic rings. The Balaban J connectivity index is 2.03. The van der Waals surface area contributed by atoms with E-state index in [1.807, 2.05) is 4.90 Å². The van der Waals surface area contributed by atoms with Crippen LogP contribution in [0.1, 0.15) is 16.8 Å². The summed E-state index contributed by atoms with van der Waals surface area (Å²) in [5.41, 5.74) is 5.16. The van der Waals surface area contributed by atoms with Gasteiger partial charge in [-0.05, 0) is 31.0 Å². The molecule has 1 N–H and O–H groups in total. The van der Waals surface area contributed by atoms with Gasteiger partial charge in [0.1, 0.15) is 0 Å². The Bertz CT molecular complexity index is 658. The van der Waals surface area contributed by atoms with Gasteiger partial charge in [0.2, 0.25) is 0 Å². The lowest BCUT2D eigenvalue weighted by Crippen LogP contribution is -2.36. The van der Waals surface area contributed by atoms with Gasteiger partial charge >= 0.3 is 5.97 Å². The first-order valence-electron chi connectivity index (χ1n) is 6.58. The van der Waals surface area contributed by atoms with Gasteiger partial charge in [-0.25, -0.2) is 0 Å². The molecule has 2 heterocycles. The highest BCUT2D eigenvalue weighted by atomic mass is 16.4. The molecule has 0 unspecified atom stereocenters. The van der Waals surface area contributed by atoms with E-state index in [4.69, 9.17) is 5.11 Å². The largest absolute Gasteiger partial charge is 0.480 e. The van der Waals surface area contributed by atoms with E-state index in [1.54, 1.807) is 0 Å². The molecule has 0 atom stereocenters. The van der Waals surface area contributed by atoms with Gasteiger partial charge in [-0.3, -0.25) is 9.69 Å². The summed E-state index contributed by atoms with van der Waals surface area (Å²) in [5.74, 6) is -0.753. The third-order valence-electron chi connectivity index (χ3n) is 4.06. The number of nitrogens with zero attached hydrogens (tertiary/aromatic N) is 2. The number of hydrogen-bond donors (Lipinski definition) is 1. The molecule has 0 saturated heterocycles. The Morgan fingerprint density at radius 3 is 2.84 bits per heavy atom. The van der Waals surface area contributed by atoms with Crippen LogP contribution in [0.3, 0.4) is 0 Å². The van der Waals surface area contributed by atoms with Crippen LogP contribution in [0.5, 0.6) is 0 Å². The van der Waals surface area contributed by atoms with E-state index in [0.717, 1.165) is 19.6 Å². The molecule has 4 heteroatoms. The van der Waals surface area contributed by atoms with Crippen molar-refractivity contribution in [1.29, 1.82) is 0 Å². The number of aryl methyl sites for hydroxylation is 2. The van der Waals surface area contributed by atoms with Gasteiger partial charge in [-0.15, -0.1) is 0 Å². The van der Waals surface area contributed by atoms with Crippen LogP contribution in [-0.4, -0.2) is 33.6 Å². The van der Waals surface area contributed by atoms with Crippen molar-refractivity contribution in [3.8, 4) is 0 Å². The van der Waals surface area contributed by atoms with Gasteiger partial charge in [0.15, 0.2) is 0 Å². The SMILES string of the molecule is Cc1ccc2cc3n(c2c1C)CCN(CC(=O)O)C3. The van der Waals surface area contributed by atoms with Crippen molar-refractivity contribution < 1.29 is 9.90 Å². The highest BCUT2D eigenvalue weighted by molar-refractivity contribution is 5.85. The average molecular weight is 258 g/mol. The summed E-state index contributed by atoms with van der Waals surface area (Å²) >= 11 is 0. The highest BCUT2D eigenvalue weighted by Crippen LogP contribution is 2.28. The average Bonchev–Trinajstić information content (AvgIpc) is 2.71. The minimum absolute atomic E-state index is 0.125. The Morgan fingerprint density at radius 1 is 1.32 bits per heavy atom. The van der Waals surface area contributed by atoms with E-state index in [0.29, 0.717) is 0 Å². The summed E-state index contributed by atoms with van der Waals surface area (Å²) in [6.07, 6.45) is 0. The van der Waals surface area contributed by atoms with E-state index >= 15 is 0 Å². The number of rotatable bonds is 2. The maximum Gasteiger partial charge on any atom is 0.317 e. The quantitative estimate of drug-likeness (QED) is 0.897. The second kappa shape index (κ2) is 4.38. The molecule has 0 amide bonds. The summed E-state index contributed by atoms with van der Waals surface area (Å²) in [6, 6.07) is 6.50. The number of aliphatic carboxylic acids is 1. The molecule has 1 aromatic carbocycles. The molecular formula is C15H18N2O2. The fourth-order valence-corrected chi connectivity index (χ4v) is 2.96. The van der Waals surface area contributed by atoms with Crippen molar-refractivity contribution in [3.63, 3.8) is 0 Å². The van der Waals surface area contributed by atoms with Crippen LogP contribution >= 0.6 is 0 Å². The number of carboxylic acid groups (broad SMARTS) is 1. The molecule has 4 nitrogen and oxygen atoms in total. The minimum atomic E-state index is -0.753. The van der Waals surface area contributed by atoms with Gasteiger partial charge in [-0.1, -0.05) is 12.1 Å². The third-order valence-corrected chi connectivity index (χ3v) is 4.06. The second-order valence-corrected chi connectivity index (χ2v) is 5.34. The number of benzene rings is 1. The molecular weight excluding hydrogens is 240 g/mol. The van der Waals surface area contributed by atoms with Crippen LogP contribution in [0.25, 0.3) is 10.9 Å². The highest BCUT2D eigenvalue weighted by Gasteiger charge is 2.21. The summed E-state index contributed by atoms with van der Waals surface area (Å²) in [7, 11) is 0. The smallest absolute Gasteiger partial charge is 0.317 e. The fourth-order valence-electron chi connectivity index (χ4n) is 2.96. The normalized spacial score (nSPS) is 15.7. The van der Waals surface area contributed by atoms with Crippen LogP contribution in [0.4, 0.5) is 0 Å². The Kier molecular flexibility index (Phi) is 2.82. The summed E-state index contributed by atoms with van der Waals surface area (Å²) in [4.78, 5) is 12.8. The molecule has 0 aliphatic carbocycles. The van der Waals surface area contributed by atoms with Gasteiger partial charge in [0.25, 0.3) is 0 Å². The molecule has 0 saturated carbocycles. The van der Waals surface area contributed by atoms with Crippen LogP contribution in [0.15, 0.2) is 18.2 Å². The summed E-state index contributed by atoms with van der Waals surface area (Å²) in [6.45, 7) is 6.81. The predicted molar refractivity (Wildman–Crippen MR) is 74.3 cm³/mol. The lowest BCUT2D eigenvalue weighted by atomic mass is 10.1. The molecule has 0 bridgehead atoms. The predicted octanol–water partition coefficient (Wildman–Crippen LogP) is 2.16. The zero-order chi connectivity index (χ0) is 13.6. The van der Waals surface area contributed by atoms with Gasteiger partial charge in [0.05, 0.1) is 12.1 Å². The van der Waals surface area contributed by atoms with Crippen LogP contribution < -0.4 is 0 Å². The summed E-state index contributed by atoms with van der Waals surface area (Å²) in [5, 5.41) is 10.1. The van der Waals surface area contributed by atoms with Crippen LogP contribution in [-0.2, 0) is 17.9 Å². The zero-order valence-electron chi connectivity index (χ0n) is 11.3. The second-order valence-electron chi connectivity index (χ2n) is 5.34. The van der Waals surface area contributed by atoms with E-state index in [1.165, 1.54) is 27.7 Å². The molecule has 1 aliphatic heterocycles. The third kappa shape index (κ3) is 2.02. The number of aromatic nitrogens is 1. The van der Waals surface area contributed by atoms with E-state index in [-0.39, 0.29) is 6.54 Å². The van der Waals surface area contributed by atoms with Crippen molar-refractivity contribution in [3.05, 3.63) is 35.0 Å². The van der Waals surface area contributed by atoms with Crippen LogP contribution in [0, 0.1) is 13.8 Å². The molecule has 0 spiro atoms. The topological polar surface area (TPSA) is 45.5 Å². The van der Waals surface area contributed by atoms with E-state index in [9.17, 15) is 4.79 Å². The monoisotopic (exact) mass is 258 g/mol. The maximum absolute atomic E-state index is 10.8. The number of hydrogen-bond acceptors (Lipinski definition) is 2. The van der Waals surface area contributed by atoms with E-state index < -0.39 is 5.97 Å². The molecule has 0 radical (unpaired) electrons. The number of carboxylic acids is 1. The first kappa shape index (κ1) is 12.2. The van der Waals surface area contributed by atoms with E-state index in [2.05, 4.69) is 36.6 Å². The molecule has 2 aromatic rings. The van der Waals surface area contributed by atoms with Crippen LogP contribution in [0.2, 0.25) is 0 Å². The van der Waals surface area contributed by atoms with Gasteiger partial charge in [0, 0.05) is 30.7 Å². The first-order chi connectivity index (χ1) is 9.06. The summed E-state index contributed by atoms with van der Waals surface area (Å²) < 4.78 is 2.34.